The molecule has 1 heterocycles. The van der Waals surface area contributed by atoms with Crippen molar-refractivity contribution in [3.63, 3.8) is 0 Å². The first kappa shape index (κ1) is 14.4. The minimum Gasteiger partial charge on any atom is -0.450 e. The van der Waals surface area contributed by atoms with Crippen molar-refractivity contribution in [1.29, 1.82) is 0 Å². The van der Waals surface area contributed by atoms with E-state index in [1.54, 1.807) is 0 Å². The van der Waals surface area contributed by atoms with Crippen molar-refractivity contribution in [3.05, 3.63) is 64.4 Å². The number of aryl methyl sites for hydroxylation is 4. The van der Waals surface area contributed by atoms with Gasteiger partial charge in [0.25, 0.3) is 5.91 Å². The number of carbonyl (C=O) groups excluding carboxylic acids is 1. The molecule has 2 aromatic carbocycles. The molecular formula is C19H19NO2. The third-order valence-electron chi connectivity index (χ3n) is 4.01. The Balaban J connectivity index is 2.01. The van der Waals surface area contributed by atoms with E-state index in [2.05, 4.69) is 5.32 Å². The quantitative estimate of drug-likeness (QED) is 0.728. The molecule has 3 nitrogen and oxygen atoms in total. The molecule has 1 aromatic heterocycles. The van der Waals surface area contributed by atoms with Gasteiger partial charge in [-0.15, -0.1) is 0 Å². The Hall–Kier alpha value is -2.55. The van der Waals surface area contributed by atoms with Crippen LogP contribution in [0.5, 0.6) is 0 Å². The molecule has 3 heteroatoms. The molecule has 0 atom stereocenters. The first-order valence-electron chi connectivity index (χ1n) is 7.34. The van der Waals surface area contributed by atoms with Crippen molar-refractivity contribution in [2.45, 2.75) is 27.7 Å². The molecule has 0 radical (unpaired) electrons. The third-order valence-corrected chi connectivity index (χ3v) is 4.01. The van der Waals surface area contributed by atoms with Crippen LogP contribution in [0.1, 0.15) is 32.8 Å². The zero-order chi connectivity index (χ0) is 15.9. The maximum Gasteiger partial charge on any atom is 0.291 e. The van der Waals surface area contributed by atoms with E-state index in [1.807, 2.05) is 64.1 Å². The lowest BCUT2D eigenvalue weighted by atomic mass is 10.1. The second kappa shape index (κ2) is 5.34. The van der Waals surface area contributed by atoms with Crippen LogP contribution < -0.4 is 5.32 Å². The highest BCUT2D eigenvalue weighted by Gasteiger charge is 2.19. The highest BCUT2D eigenvalue weighted by Crippen LogP contribution is 2.28. The van der Waals surface area contributed by atoms with Crippen LogP contribution in [0.4, 0.5) is 5.69 Å². The molecule has 0 aliphatic heterocycles. The molecule has 0 saturated heterocycles. The zero-order valence-corrected chi connectivity index (χ0v) is 13.3. The third kappa shape index (κ3) is 2.39. The maximum absolute atomic E-state index is 12.6. The molecule has 0 saturated carbocycles. The molecule has 0 aliphatic rings. The molecule has 0 spiro atoms. The number of rotatable bonds is 2. The monoisotopic (exact) mass is 293 g/mol. The van der Waals surface area contributed by atoms with Gasteiger partial charge in [0.2, 0.25) is 0 Å². The fourth-order valence-electron chi connectivity index (χ4n) is 2.65. The van der Waals surface area contributed by atoms with Crippen LogP contribution in [0.3, 0.4) is 0 Å². The molecule has 0 aliphatic carbocycles. The summed E-state index contributed by atoms with van der Waals surface area (Å²) in [7, 11) is 0. The molecule has 112 valence electrons. The summed E-state index contributed by atoms with van der Waals surface area (Å²) in [6.07, 6.45) is 0. The predicted octanol–water partition coefficient (Wildman–Crippen LogP) is 4.92. The molecule has 22 heavy (non-hydrogen) atoms. The number of anilines is 1. The average molecular weight is 293 g/mol. The maximum atomic E-state index is 12.6. The standard InChI is InChI=1S/C19H19NO2/c1-11-8-9-12(2)16(10-11)20-19(21)18-14(4)15-7-5-6-13(3)17(15)22-18/h5-10H,1-4H3,(H,20,21). The molecule has 3 rings (SSSR count). The molecule has 1 N–H and O–H groups in total. The first-order valence-corrected chi connectivity index (χ1v) is 7.34. The highest BCUT2D eigenvalue weighted by atomic mass is 16.3. The van der Waals surface area contributed by atoms with Crippen LogP contribution in [0, 0.1) is 27.7 Å². The molecule has 3 aromatic rings. The number of para-hydroxylation sites is 1. The number of nitrogens with one attached hydrogen (secondary N) is 1. The van der Waals surface area contributed by atoms with E-state index >= 15 is 0 Å². The summed E-state index contributed by atoms with van der Waals surface area (Å²) in [6.45, 7) is 7.89. The first-order chi connectivity index (χ1) is 10.5. The molecular weight excluding hydrogens is 274 g/mol. The van der Waals surface area contributed by atoms with E-state index in [0.717, 1.165) is 38.9 Å². The van der Waals surface area contributed by atoms with Crippen LogP contribution in [-0.4, -0.2) is 5.91 Å². The van der Waals surface area contributed by atoms with Gasteiger partial charge in [-0.2, -0.15) is 0 Å². The zero-order valence-electron chi connectivity index (χ0n) is 13.3. The molecule has 0 unspecified atom stereocenters. The predicted molar refractivity (Wildman–Crippen MR) is 89.6 cm³/mol. The Labute approximate surface area is 130 Å². The average Bonchev–Trinajstić information content (AvgIpc) is 2.82. The van der Waals surface area contributed by atoms with Gasteiger partial charge in [0, 0.05) is 16.6 Å². The molecule has 1 amide bonds. The molecule has 0 fully saturated rings. The SMILES string of the molecule is Cc1ccc(C)c(NC(=O)c2oc3c(C)cccc3c2C)c1. The number of hydrogen-bond acceptors (Lipinski definition) is 2. The number of furan rings is 1. The Kier molecular flexibility index (Phi) is 3.49. The summed E-state index contributed by atoms with van der Waals surface area (Å²) in [5.74, 6) is 0.173. The number of fused-ring (bicyclic) bond motifs is 1. The van der Waals surface area contributed by atoms with Crippen LogP contribution in [0.25, 0.3) is 11.0 Å². The Bertz CT molecular complexity index is 875. The van der Waals surface area contributed by atoms with E-state index in [1.165, 1.54) is 0 Å². The van der Waals surface area contributed by atoms with Crippen LogP contribution in [0.15, 0.2) is 40.8 Å². The summed E-state index contributed by atoms with van der Waals surface area (Å²) in [4.78, 5) is 12.6. The summed E-state index contributed by atoms with van der Waals surface area (Å²) in [5.41, 5.74) is 5.66. The highest BCUT2D eigenvalue weighted by molar-refractivity contribution is 6.07. The molecule has 0 bridgehead atoms. The lowest BCUT2D eigenvalue weighted by Gasteiger charge is -2.08. The lowest BCUT2D eigenvalue weighted by Crippen LogP contribution is -2.13. The fourth-order valence-corrected chi connectivity index (χ4v) is 2.65. The van der Waals surface area contributed by atoms with E-state index in [0.29, 0.717) is 5.76 Å². The number of amides is 1. The summed E-state index contributed by atoms with van der Waals surface area (Å²) >= 11 is 0. The second-order valence-corrected chi connectivity index (χ2v) is 5.78. The van der Waals surface area contributed by atoms with Gasteiger partial charge >= 0.3 is 0 Å². The fraction of sp³-hybridized carbons (Fsp3) is 0.211. The van der Waals surface area contributed by atoms with Crippen molar-refractivity contribution in [1.82, 2.24) is 0 Å². The number of carbonyl (C=O) groups is 1. The number of hydrogen-bond donors (Lipinski definition) is 1. The van der Waals surface area contributed by atoms with Gasteiger partial charge in [-0.1, -0.05) is 30.3 Å². The van der Waals surface area contributed by atoms with Crippen LogP contribution in [-0.2, 0) is 0 Å². The van der Waals surface area contributed by atoms with E-state index in [4.69, 9.17) is 4.42 Å². The van der Waals surface area contributed by atoms with Crippen LogP contribution in [0.2, 0.25) is 0 Å². The normalized spacial score (nSPS) is 10.9. The van der Waals surface area contributed by atoms with Gasteiger partial charge in [0.1, 0.15) is 5.58 Å². The van der Waals surface area contributed by atoms with Gasteiger partial charge in [-0.3, -0.25) is 4.79 Å². The smallest absolute Gasteiger partial charge is 0.291 e. The second-order valence-electron chi connectivity index (χ2n) is 5.78. The minimum atomic E-state index is -0.207. The Morgan fingerprint density at radius 2 is 1.77 bits per heavy atom. The Morgan fingerprint density at radius 1 is 1.00 bits per heavy atom. The van der Waals surface area contributed by atoms with Gasteiger partial charge in [-0.05, 0) is 50.5 Å². The summed E-state index contributed by atoms with van der Waals surface area (Å²) in [6, 6.07) is 11.9. The topological polar surface area (TPSA) is 42.2 Å². The van der Waals surface area contributed by atoms with Gasteiger partial charge < -0.3 is 9.73 Å². The Morgan fingerprint density at radius 3 is 2.50 bits per heavy atom. The van der Waals surface area contributed by atoms with E-state index in [-0.39, 0.29) is 5.91 Å². The summed E-state index contributed by atoms with van der Waals surface area (Å²) in [5, 5.41) is 3.95. The van der Waals surface area contributed by atoms with Crippen molar-refractivity contribution in [3.8, 4) is 0 Å². The summed E-state index contributed by atoms with van der Waals surface area (Å²) < 4.78 is 5.82. The van der Waals surface area contributed by atoms with Crippen molar-refractivity contribution in [2.24, 2.45) is 0 Å². The number of benzene rings is 2. The minimum absolute atomic E-state index is 0.207. The van der Waals surface area contributed by atoms with Gasteiger partial charge in [-0.25, -0.2) is 0 Å². The van der Waals surface area contributed by atoms with Gasteiger partial charge in [0.05, 0.1) is 0 Å². The van der Waals surface area contributed by atoms with Crippen molar-refractivity contribution >= 4 is 22.6 Å². The largest absolute Gasteiger partial charge is 0.450 e. The van der Waals surface area contributed by atoms with Gasteiger partial charge in [0.15, 0.2) is 5.76 Å². The van der Waals surface area contributed by atoms with Crippen molar-refractivity contribution in [2.75, 3.05) is 5.32 Å². The van der Waals surface area contributed by atoms with E-state index in [9.17, 15) is 4.79 Å². The van der Waals surface area contributed by atoms with E-state index < -0.39 is 0 Å². The van der Waals surface area contributed by atoms with Crippen LogP contribution >= 0.6 is 0 Å². The van der Waals surface area contributed by atoms with Crippen molar-refractivity contribution < 1.29 is 9.21 Å². The lowest BCUT2D eigenvalue weighted by molar-refractivity contribution is 0.0998.